The number of allylic oxidation sites excluding steroid dienone is 1. The number of hydrogen-bond donors (Lipinski definition) is 1. The molecule has 1 N–H and O–H groups in total. The summed E-state index contributed by atoms with van der Waals surface area (Å²) in [5.74, 6) is 1.05. The molecule has 2 rings (SSSR count). The smallest absolute Gasteiger partial charge is 0.192 e. The second-order valence-corrected chi connectivity index (χ2v) is 14.3. The minimum atomic E-state index is -1.71. The van der Waals surface area contributed by atoms with E-state index in [2.05, 4.69) is 59.9 Å². The van der Waals surface area contributed by atoms with Crippen molar-refractivity contribution in [2.24, 2.45) is 22.7 Å². The fourth-order valence-electron chi connectivity index (χ4n) is 3.45. The van der Waals surface area contributed by atoms with Crippen LogP contribution in [-0.2, 0) is 4.43 Å². The Morgan fingerprint density at radius 1 is 1.24 bits per heavy atom. The minimum Gasteiger partial charge on any atom is -0.416 e. The molecule has 122 valence electrons. The summed E-state index contributed by atoms with van der Waals surface area (Å²) in [5, 5.41) is 10.2. The van der Waals surface area contributed by atoms with Gasteiger partial charge in [-0.3, -0.25) is 0 Å². The van der Waals surface area contributed by atoms with Crippen LogP contribution >= 0.6 is 0 Å². The predicted molar refractivity (Wildman–Crippen MR) is 91.8 cm³/mol. The Balaban J connectivity index is 2.11. The molecule has 0 radical (unpaired) electrons. The Labute approximate surface area is 132 Å². The molecule has 0 spiro atoms. The lowest BCUT2D eigenvalue weighted by Crippen LogP contribution is -2.43. The second-order valence-electron chi connectivity index (χ2n) is 9.52. The van der Waals surface area contributed by atoms with Gasteiger partial charge in [0.1, 0.15) is 0 Å². The highest BCUT2D eigenvalue weighted by atomic mass is 28.4. The first kappa shape index (κ1) is 17.2. The van der Waals surface area contributed by atoms with Crippen LogP contribution in [0, 0.1) is 22.7 Å². The standard InChI is InChI=1S/C18H34O2Si/c1-16(2,3)21(6,7)20-12-14-8-9-17(4,5)10-15-11-18(14,15)13-19/h8-9,14-15,19H,10-13H2,1-7H3/t14-,15-,18+/m0/s1. The Hall–Kier alpha value is -0.123. The molecule has 2 aliphatic carbocycles. The first-order chi connectivity index (χ1) is 9.44. The van der Waals surface area contributed by atoms with Crippen molar-refractivity contribution in [3.05, 3.63) is 12.2 Å². The zero-order chi connectivity index (χ0) is 16.1. The van der Waals surface area contributed by atoms with Crippen molar-refractivity contribution < 1.29 is 9.53 Å². The molecule has 1 saturated carbocycles. The van der Waals surface area contributed by atoms with Gasteiger partial charge >= 0.3 is 0 Å². The summed E-state index contributed by atoms with van der Waals surface area (Å²) >= 11 is 0. The molecule has 0 bridgehead atoms. The van der Waals surface area contributed by atoms with Crippen LogP contribution in [0.3, 0.4) is 0 Å². The quantitative estimate of drug-likeness (QED) is 0.607. The molecule has 0 aromatic carbocycles. The highest BCUT2D eigenvalue weighted by molar-refractivity contribution is 6.74. The lowest BCUT2D eigenvalue weighted by Gasteiger charge is -2.38. The van der Waals surface area contributed by atoms with Gasteiger partial charge < -0.3 is 9.53 Å². The van der Waals surface area contributed by atoms with Crippen LogP contribution in [0.25, 0.3) is 0 Å². The molecule has 1 fully saturated rings. The van der Waals surface area contributed by atoms with Crippen LogP contribution in [0.1, 0.15) is 47.5 Å². The van der Waals surface area contributed by atoms with E-state index in [1.165, 1.54) is 12.8 Å². The molecule has 3 heteroatoms. The first-order valence-corrected chi connectivity index (χ1v) is 11.3. The zero-order valence-corrected chi connectivity index (χ0v) is 16.0. The van der Waals surface area contributed by atoms with Crippen molar-refractivity contribution in [3.8, 4) is 0 Å². The van der Waals surface area contributed by atoms with Crippen LogP contribution in [0.5, 0.6) is 0 Å². The van der Waals surface area contributed by atoms with Crippen LogP contribution in [0.4, 0.5) is 0 Å². The summed E-state index contributed by atoms with van der Waals surface area (Å²) in [6.45, 7) is 17.2. The molecule has 0 aromatic rings. The highest BCUT2D eigenvalue weighted by Crippen LogP contribution is 2.63. The fourth-order valence-corrected chi connectivity index (χ4v) is 4.48. The van der Waals surface area contributed by atoms with Gasteiger partial charge in [-0.2, -0.15) is 0 Å². The summed E-state index contributed by atoms with van der Waals surface area (Å²) in [5.41, 5.74) is 0.361. The highest BCUT2D eigenvalue weighted by Gasteiger charge is 2.59. The number of rotatable bonds is 4. The van der Waals surface area contributed by atoms with Crippen LogP contribution < -0.4 is 0 Å². The van der Waals surface area contributed by atoms with Crippen molar-refractivity contribution in [3.63, 3.8) is 0 Å². The van der Waals surface area contributed by atoms with Crippen molar-refractivity contribution in [2.75, 3.05) is 13.2 Å². The van der Waals surface area contributed by atoms with Crippen molar-refractivity contribution in [2.45, 2.75) is 65.6 Å². The average molecular weight is 311 g/mol. The predicted octanol–water partition coefficient (Wildman–Crippen LogP) is 4.61. The van der Waals surface area contributed by atoms with E-state index in [0.29, 0.717) is 18.4 Å². The molecule has 0 aromatic heterocycles. The Kier molecular flexibility index (Phi) is 4.27. The second kappa shape index (κ2) is 5.21. The van der Waals surface area contributed by atoms with Crippen LogP contribution in [0.2, 0.25) is 18.1 Å². The fraction of sp³-hybridized carbons (Fsp3) is 0.889. The normalized spacial score (nSPS) is 35.2. The molecule has 3 atom stereocenters. The minimum absolute atomic E-state index is 0.104. The molecule has 0 unspecified atom stereocenters. The summed E-state index contributed by atoms with van der Waals surface area (Å²) in [4.78, 5) is 0. The van der Waals surface area contributed by atoms with Gasteiger partial charge in [0.05, 0.1) is 0 Å². The Morgan fingerprint density at radius 3 is 2.38 bits per heavy atom. The summed E-state index contributed by atoms with van der Waals surface area (Å²) in [7, 11) is -1.71. The first-order valence-electron chi connectivity index (χ1n) is 8.38. The van der Waals surface area contributed by atoms with Gasteiger partial charge in [-0.1, -0.05) is 46.8 Å². The van der Waals surface area contributed by atoms with E-state index >= 15 is 0 Å². The number of fused-ring (bicyclic) bond motifs is 1. The zero-order valence-electron chi connectivity index (χ0n) is 15.0. The molecule has 2 nitrogen and oxygen atoms in total. The number of aliphatic hydroxyl groups excluding tert-OH is 1. The lowest BCUT2D eigenvalue weighted by atomic mass is 9.86. The molecule has 0 amide bonds. The molecule has 21 heavy (non-hydrogen) atoms. The number of aliphatic hydroxyl groups is 1. The number of hydrogen-bond acceptors (Lipinski definition) is 2. The topological polar surface area (TPSA) is 29.5 Å². The summed E-state index contributed by atoms with van der Waals surface area (Å²) in [6.07, 6.45) is 7.07. The van der Waals surface area contributed by atoms with Gasteiger partial charge in [0.15, 0.2) is 8.32 Å². The van der Waals surface area contributed by atoms with Gasteiger partial charge in [-0.05, 0) is 42.3 Å². The van der Waals surface area contributed by atoms with Gasteiger partial charge in [0.2, 0.25) is 0 Å². The summed E-state index contributed by atoms with van der Waals surface area (Å²) < 4.78 is 6.46. The van der Waals surface area contributed by atoms with Crippen molar-refractivity contribution in [1.29, 1.82) is 0 Å². The van der Waals surface area contributed by atoms with Crippen molar-refractivity contribution >= 4 is 8.32 Å². The maximum absolute atomic E-state index is 9.97. The lowest BCUT2D eigenvalue weighted by molar-refractivity contribution is 0.119. The van der Waals surface area contributed by atoms with Crippen molar-refractivity contribution in [1.82, 2.24) is 0 Å². The molecule has 0 heterocycles. The van der Waals surface area contributed by atoms with Gasteiger partial charge in [0.25, 0.3) is 0 Å². The van der Waals surface area contributed by atoms with Crippen LogP contribution in [-0.4, -0.2) is 26.6 Å². The third-order valence-corrected chi connectivity index (χ3v) is 10.8. The van der Waals surface area contributed by atoms with E-state index in [0.717, 1.165) is 6.61 Å². The monoisotopic (exact) mass is 310 g/mol. The average Bonchev–Trinajstić information content (AvgIpc) is 3.00. The van der Waals surface area contributed by atoms with E-state index in [4.69, 9.17) is 4.43 Å². The molecule has 2 aliphatic rings. The Bertz CT molecular complexity index is 419. The van der Waals surface area contributed by atoms with Crippen LogP contribution in [0.15, 0.2) is 12.2 Å². The molecule has 0 saturated heterocycles. The molecular formula is C18H34O2Si. The largest absolute Gasteiger partial charge is 0.416 e. The van der Waals surface area contributed by atoms with E-state index in [-0.39, 0.29) is 15.9 Å². The van der Waals surface area contributed by atoms with Gasteiger partial charge in [-0.15, -0.1) is 0 Å². The summed E-state index contributed by atoms with van der Waals surface area (Å²) in [6, 6.07) is 0. The van der Waals surface area contributed by atoms with Gasteiger partial charge in [-0.25, -0.2) is 0 Å². The Morgan fingerprint density at radius 2 is 1.86 bits per heavy atom. The van der Waals surface area contributed by atoms with Gasteiger partial charge in [0, 0.05) is 24.5 Å². The SMILES string of the molecule is CC1(C)C=C[C@@H](CO[Si](C)(C)C(C)(C)C)[C@]2(CO)C[C@@H]2C1. The van der Waals surface area contributed by atoms with E-state index < -0.39 is 8.32 Å². The maximum atomic E-state index is 9.97. The maximum Gasteiger partial charge on any atom is 0.192 e. The molecular weight excluding hydrogens is 276 g/mol. The van der Waals surface area contributed by atoms with E-state index in [9.17, 15) is 5.11 Å². The van der Waals surface area contributed by atoms with E-state index in [1.807, 2.05) is 0 Å². The molecule has 0 aliphatic heterocycles. The third-order valence-electron chi connectivity index (χ3n) is 6.29. The van der Waals surface area contributed by atoms with E-state index in [1.54, 1.807) is 0 Å². The third kappa shape index (κ3) is 3.30.